The normalized spacial score (nSPS) is 17.2. The second-order valence-electron chi connectivity index (χ2n) is 5.92. The SMILES string of the molecule is COCCOC(=O)Cn1cnc2sc3c(c2c1=O)CCC(C)C3. The number of esters is 1. The predicted octanol–water partition coefficient (Wildman–Crippen LogP) is 1.77. The van der Waals surface area contributed by atoms with Gasteiger partial charge < -0.3 is 9.47 Å². The first kappa shape index (κ1) is 16.1. The van der Waals surface area contributed by atoms with Crippen LogP contribution in [0.2, 0.25) is 0 Å². The van der Waals surface area contributed by atoms with Crippen molar-refractivity contribution in [1.29, 1.82) is 0 Å². The van der Waals surface area contributed by atoms with Crippen LogP contribution >= 0.6 is 11.3 Å². The van der Waals surface area contributed by atoms with E-state index in [1.807, 2.05) is 0 Å². The smallest absolute Gasteiger partial charge is 0.326 e. The van der Waals surface area contributed by atoms with E-state index < -0.39 is 5.97 Å². The number of methoxy groups -OCH3 is 1. The molecule has 0 amide bonds. The third-order valence-electron chi connectivity index (χ3n) is 4.13. The molecule has 3 rings (SSSR count). The predicted molar refractivity (Wildman–Crippen MR) is 87.9 cm³/mol. The van der Waals surface area contributed by atoms with Gasteiger partial charge >= 0.3 is 5.97 Å². The van der Waals surface area contributed by atoms with Gasteiger partial charge in [-0.05, 0) is 30.7 Å². The van der Waals surface area contributed by atoms with Crippen molar-refractivity contribution in [3.8, 4) is 0 Å². The second kappa shape index (κ2) is 6.80. The molecule has 2 heterocycles. The lowest BCUT2D eigenvalue weighted by molar-refractivity contribution is -0.145. The van der Waals surface area contributed by atoms with Crippen LogP contribution in [0, 0.1) is 5.92 Å². The highest BCUT2D eigenvalue weighted by molar-refractivity contribution is 7.18. The van der Waals surface area contributed by atoms with Gasteiger partial charge in [-0.25, -0.2) is 4.98 Å². The molecule has 1 atom stereocenters. The van der Waals surface area contributed by atoms with Crippen molar-refractivity contribution in [1.82, 2.24) is 9.55 Å². The van der Waals surface area contributed by atoms with Crippen LogP contribution in [0.5, 0.6) is 0 Å². The molecule has 0 N–H and O–H groups in total. The van der Waals surface area contributed by atoms with Crippen molar-refractivity contribution < 1.29 is 14.3 Å². The first-order valence-electron chi connectivity index (χ1n) is 7.74. The van der Waals surface area contributed by atoms with Gasteiger partial charge in [0, 0.05) is 12.0 Å². The largest absolute Gasteiger partial charge is 0.462 e. The maximum absolute atomic E-state index is 12.7. The first-order valence-corrected chi connectivity index (χ1v) is 8.56. The highest BCUT2D eigenvalue weighted by atomic mass is 32.1. The van der Waals surface area contributed by atoms with Gasteiger partial charge in [-0.1, -0.05) is 6.92 Å². The van der Waals surface area contributed by atoms with Crippen molar-refractivity contribution in [2.75, 3.05) is 20.3 Å². The summed E-state index contributed by atoms with van der Waals surface area (Å²) in [5.74, 6) is 0.191. The van der Waals surface area contributed by atoms with E-state index in [2.05, 4.69) is 11.9 Å². The number of nitrogens with zero attached hydrogens (tertiary/aromatic N) is 2. The fourth-order valence-electron chi connectivity index (χ4n) is 2.90. The standard InChI is InChI=1S/C16H20N2O4S/c1-10-3-4-11-12(7-10)23-15-14(11)16(20)18(9-17-15)8-13(19)22-6-5-21-2/h9-10H,3-8H2,1-2H3. The number of hydrogen-bond acceptors (Lipinski definition) is 6. The minimum atomic E-state index is -0.456. The number of fused-ring (bicyclic) bond motifs is 3. The van der Waals surface area contributed by atoms with Gasteiger partial charge in [-0.3, -0.25) is 14.2 Å². The van der Waals surface area contributed by atoms with Crippen LogP contribution in [-0.2, 0) is 33.7 Å². The Hall–Kier alpha value is -1.73. The summed E-state index contributed by atoms with van der Waals surface area (Å²) in [6, 6.07) is 0. The number of aromatic nitrogens is 2. The van der Waals surface area contributed by atoms with Crippen LogP contribution in [0.1, 0.15) is 23.8 Å². The topological polar surface area (TPSA) is 70.4 Å². The number of carbonyl (C=O) groups excluding carboxylic acids is 1. The number of aryl methyl sites for hydroxylation is 1. The summed E-state index contributed by atoms with van der Waals surface area (Å²) in [6.07, 6.45) is 4.45. The second-order valence-corrected chi connectivity index (χ2v) is 7.01. The summed E-state index contributed by atoms with van der Waals surface area (Å²) in [6.45, 7) is 2.64. The Morgan fingerprint density at radius 1 is 1.48 bits per heavy atom. The molecule has 0 aromatic carbocycles. The molecule has 0 saturated carbocycles. The summed E-state index contributed by atoms with van der Waals surface area (Å²) in [4.78, 5) is 30.9. The molecule has 1 aliphatic carbocycles. The maximum Gasteiger partial charge on any atom is 0.326 e. The number of ether oxygens (including phenoxy) is 2. The summed E-state index contributed by atoms with van der Waals surface area (Å²) in [5, 5.41) is 0.684. The molecule has 7 heteroatoms. The maximum atomic E-state index is 12.7. The third-order valence-corrected chi connectivity index (χ3v) is 5.29. The van der Waals surface area contributed by atoms with E-state index in [4.69, 9.17) is 9.47 Å². The van der Waals surface area contributed by atoms with E-state index in [0.717, 1.165) is 29.7 Å². The molecule has 0 bridgehead atoms. The van der Waals surface area contributed by atoms with E-state index in [0.29, 0.717) is 17.9 Å². The molecule has 1 unspecified atom stereocenters. The molecular weight excluding hydrogens is 316 g/mol. The van der Waals surface area contributed by atoms with Gasteiger partial charge in [0.2, 0.25) is 0 Å². The number of thiophene rings is 1. The van der Waals surface area contributed by atoms with Crippen LogP contribution in [0.25, 0.3) is 10.2 Å². The fourth-order valence-corrected chi connectivity index (χ4v) is 4.24. The van der Waals surface area contributed by atoms with Crippen LogP contribution in [0.15, 0.2) is 11.1 Å². The number of hydrogen-bond donors (Lipinski definition) is 0. The zero-order chi connectivity index (χ0) is 16.4. The minimum Gasteiger partial charge on any atom is -0.462 e. The molecule has 1 aliphatic rings. The van der Waals surface area contributed by atoms with Crippen LogP contribution < -0.4 is 5.56 Å². The molecule has 0 spiro atoms. The zero-order valence-electron chi connectivity index (χ0n) is 13.3. The number of rotatable bonds is 5. The van der Waals surface area contributed by atoms with Crippen molar-refractivity contribution in [2.45, 2.75) is 32.7 Å². The number of carbonyl (C=O) groups is 1. The minimum absolute atomic E-state index is 0.119. The van der Waals surface area contributed by atoms with Gasteiger partial charge in [0.1, 0.15) is 18.0 Å². The highest BCUT2D eigenvalue weighted by Gasteiger charge is 2.23. The molecule has 2 aromatic rings. The van der Waals surface area contributed by atoms with Gasteiger partial charge in [-0.2, -0.15) is 0 Å². The molecule has 23 heavy (non-hydrogen) atoms. The van der Waals surface area contributed by atoms with Crippen LogP contribution in [-0.4, -0.2) is 35.8 Å². The molecule has 0 fully saturated rings. The average Bonchev–Trinajstić information content (AvgIpc) is 2.88. The Morgan fingerprint density at radius 3 is 3.09 bits per heavy atom. The Bertz CT molecular complexity index is 780. The average molecular weight is 336 g/mol. The van der Waals surface area contributed by atoms with Crippen molar-refractivity contribution in [3.63, 3.8) is 0 Å². The lowest BCUT2D eigenvalue weighted by Crippen LogP contribution is -2.26. The molecular formula is C16H20N2O4S. The lowest BCUT2D eigenvalue weighted by Gasteiger charge is -2.17. The molecule has 0 radical (unpaired) electrons. The van der Waals surface area contributed by atoms with Gasteiger partial charge in [0.15, 0.2) is 0 Å². The molecule has 124 valence electrons. The van der Waals surface area contributed by atoms with E-state index in [-0.39, 0.29) is 18.7 Å². The van der Waals surface area contributed by atoms with E-state index in [9.17, 15) is 9.59 Å². The molecule has 0 aliphatic heterocycles. The monoisotopic (exact) mass is 336 g/mol. The summed E-state index contributed by atoms with van der Waals surface area (Å²) < 4.78 is 11.2. The first-order chi connectivity index (χ1) is 11.1. The van der Waals surface area contributed by atoms with Crippen molar-refractivity contribution >= 4 is 27.5 Å². The van der Waals surface area contributed by atoms with Gasteiger partial charge in [0.25, 0.3) is 5.56 Å². The van der Waals surface area contributed by atoms with Crippen LogP contribution in [0.4, 0.5) is 0 Å². The Balaban J connectivity index is 1.87. The zero-order valence-corrected chi connectivity index (χ0v) is 14.1. The highest BCUT2D eigenvalue weighted by Crippen LogP contribution is 2.35. The molecule has 2 aromatic heterocycles. The Morgan fingerprint density at radius 2 is 2.30 bits per heavy atom. The quantitative estimate of drug-likeness (QED) is 0.615. The molecule has 6 nitrogen and oxygen atoms in total. The van der Waals surface area contributed by atoms with Gasteiger partial charge in [-0.15, -0.1) is 11.3 Å². The van der Waals surface area contributed by atoms with Crippen molar-refractivity contribution in [3.05, 3.63) is 27.1 Å². The fraction of sp³-hybridized carbons (Fsp3) is 0.562. The summed E-state index contributed by atoms with van der Waals surface area (Å²) in [7, 11) is 1.54. The van der Waals surface area contributed by atoms with E-state index >= 15 is 0 Å². The van der Waals surface area contributed by atoms with Gasteiger partial charge in [0.05, 0.1) is 18.3 Å². The van der Waals surface area contributed by atoms with Crippen molar-refractivity contribution in [2.24, 2.45) is 5.92 Å². The Labute approximate surface area is 138 Å². The third kappa shape index (κ3) is 3.30. The molecule has 0 saturated heterocycles. The Kier molecular flexibility index (Phi) is 4.77. The summed E-state index contributed by atoms with van der Waals surface area (Å²) >= 11 is 1.60. The van der Waals surface area contributed by atoms with E-state index in [1.54, 1.807) is 11.3 Å². The van der Waals surface area contributed by atoms with E-state index in [1.165, 1.54) is 22.9 Å². The summed E-state index contributed by atoms with van der Waals surface area (Å²) in [5.41, 5.74) is 0.980. The lowest BCUT2D eigenvalue weighted by atomic mass is 9.89. The van der Waals surface area contributed by atoms with Crippen LogP contribution in [0.3, 0.4) is 0 Å².